The largest absolute Gasteiger partial charge is 0.492 e. The monoisotopic (exact) mass is 488 g/mol. The molecule has 1 fully saturated rings. The first-order valence-electron chi connectivity index (χ1n) is 10.1. The molecule has 0 aromatic heterocycles. The Morgan fingerprint density at radius 3 is 2.55 bits per heavy atom. The summed E-state index contributed by atoms with van der Waals surface area (Å²) in [5.74, 6) is -1.22. The fourth-order valence-corrected chi connectivity index (χ4v) is 3.75. The second-order valence-corrected chi connectivity index (χ2v) is 8.18. The van der Waals surface area contributed by atoms with Crippen molar-refractivity contribution in [1.29, 1.82) is 0 Å². The predicted molar refractivity (Wildman–Crippen MR) is 121 cm³/mol. The van der Waals surface area contributed by atoms with Gasteiger partial charge in [-0.15, -0.1) is 0 Å². The van der Waals surface area contributed by atoms with Crippen molar-refractivity contribution >= 4 is 45.1 Å². The van der Waals surface area contributed by atoms with Crippen LogP contribution in [-0.4, -0.2) is 37.5 Å². The zero-order valence-electron chi connectivity index (χ0n) is 17.7. The van der Waals surface area contributed by atoms with Crippen molar-refractivity contribution in [3.63, 3.8) is 0 Å². The minimum atomic E-state index is -0.632. The number of nitrogens with one attached hydrogen (secondary N) is 1. The third-order valence-corrected chi connectivity index (χ3v) is 6.23. The fraction of sp³-hybridized carbons (Fsp3) is 0.348. The standard InChI is InChI=1S/C23H25BrN2O5/c1-4-30-19-8-6-5-7-18(19)26-12-16(11-21(26)28)23(29)31-13-20(27)25-17-9-14(2)22(24)15(3)10-17/h5-10,16H,4,11-13H2,1-3H3,(H,25,27)/t16-/m1/s1. The third kappa shape index (κ3) is 5.44. The van der Waals surface area contributed by atoms with E-state index in [-0.39, 0.29) is 18.9 Å². The van der Waals surface area contributed by atoms with Crippen LogP contribution in [0.15, 0.2) is 40.9 Å². The number of amides is 2. The molecule has 0 spiro atoms. The molecule has 1 N–H and O–H groups in total. The molecule has 0 aliphatic carbocycles. The molecule has 2 amide bonds. The second-order valence-electron chi connectivity index (χ2n) is 7.39. The Morgan fingerprint density at radius 2 is 1.87 bits per heavy atom. The summed E-state index contributed by atoms with van der Waals surface area (Å²) in [5, 5.41) is 2.73. The number of rotatable bonds is 7. The van der Waals surface area contributed by atoms with Crippen molar-refractivity contribution in [3.05, 3.63) is 52.0 Å². The van der Waals surface area contributed by atoms with Crippen molar-refractivity contribution < 1.29 is 23.9 Å². The average molecular weight is 489 g/mol. The molecule has 1 heterocycles. The van der Waals surface area contributed by atoms with Crippen LogP contribution in [-0.2, 0) is 19.1 Å². The highest BCUT2D eigenvalue weighted by molar-refractivity contribution is 9.10. The molecule has 3 rings (SSSR count). The van der Waals surface area contributed by atoms with E-state index >= 15 is 0 Å². The summed E-state index contributed by atoms with van der Waals surface area (Å²) in [6.45, 7) is 5.97. The molecule has 8 heteroatoms. The van der Waals surface area contributed by atoms with Gasteiger partial charge in [0.1, 0.15) is 5.75 Å². The number of benzene rings is 2. The summed E-state index contributed by atoms with van der Waals surface area (Å²) >= 11 is 3.49. The number of halogens is 1. The van der Waals surface area contributed by atoms with Gasteiger partial charge in [-0.1, -0.05) is 28.1 Å². The fourth-order valence-electron chi connectivity index (χ4n) is 3.53. The highest BCUT2D eigenvalue weighted by Crippen LogP contribution is 2.33. The predicted octanol–water partition coefficient (Wildman–Crippen LogP) is 4.00. The molecule has 1 saturated heterocycles. The second kappa shape index (κ2) is 9.96. The van der Waals surface area contributed by atoms with Gasteiger partial charge in [0.05, 0.1) is 18.2 Å². The van der Waals surface area contributed by atoms with Crippen molar-refractivity contribution in [2.75, 3.05) is 30.0 Å². The van der Waals surface area contributed by atoms with E-state index in [1.54, 1.807) is 12.1 Å². The Bertz CT molecular complexity index is 984. The van der Waals surface area contributed by atoms with Gasteiger partial charge in [0.2, 0.25) is 5.91 Å². The molecule has 0 unspecified atom stereocenters. The number of hydrogen-bond acceptors (Lipinski definition) is 5. The number of aryl methyl sites for hydroxylation is 2. The number of ether oxygens (including phenoxy) is 2. The minimum absolute atomic E-state index is 0.0337. The molecule has 1 aliphatic rings. The van der Waals surface area contributed by atoms with Gasteiger partial charge in [-0.3, -0.25) is 14.4 Å². The van der Waals surface area contributed by atoms with Crippen LogP contribution in [0.4, 0.5) is 11.4 Å². The number of esters is 1. The molecule has 2 aromatic carbocycles. The van der Waals surface area contributed by atoms with Crippen molar-refractivity contribution in [2.24, 2.45) is 5.92 Å². The van der Waals surface area contributed by atoms with Crippen LogP contribution < -0.4 is 15.0 Å². The molecule has 2 aromatic rings. The van der Waals surface area contributed by atoms with Crippen LogP contribution in [0.2, 0.25) is 0 Å². The number of anilines is 2. The van der Waals surface area contributed by atoms with E-state index in [2.05, 4.69) is 21.2 Å². The summed E-state index contributed by atoms with van der Waals surface area (Å²) < 4.78 is 11.8. The summed E-state index contributed by atoms with van der Waals surface area (Å²) in [4.78, 5) is 38.7. The van der Waals surface area contributed by atoms with Crippen LogP contribution in [0.1, 0.15) is 24.5 Å². The zero-order chi connectivity index (χ0) is 22.5. The summed E-state index contributed by atoms with van der Waals surface area (Å²) in [5.41, 5.74) is 3.24. The lowest BCUT2D eigenvalue weighted by Gasteiger charge is -2.20. The third-order valence-electron chi connectivity index (χ3n) is 4.98. The van der Waals surface area contributed by atoms with Crippen LogP contribution >= 0.6 is 15.9 Å². The van der Waals surface area contributed by atoms with Gasteiger partial charge in [0.25, 0.3) is 5.91 Å². The molecule has 0 saturated carbocycles. The van der Waals surface area contributed by atoms with E-state index in [9.17, 15) is 14.4 Å². The lowest BCUT2D eigenvalue weighted by Crippen LogP contribution is -2.28. The molecule has 164 valence electrons. The molecule has 1 atom stereocenters. The normalized spacial score (nSPS) is 15.7. The molecule has 0 bridgehead atoms. The van der Waals surface area contributed by atoms with E-state index in [1.807, 2.05) is 45.0 Å². The maximum Gasteiger partial charge on any atom is 0.311 e. The molecule has 0 radical (unpaired) electrons. The summed E-state index contributed by atoms with van der Waals surface area (Å²) in [7, 11) is 0. The SMILES string of the molecule is CCOc1ccccc1N1C[C@H](C(=O)OCC(=O)Nc2cc(C)c(Br)c(C)c2)CC1=O. The van der Waals surface area contributed by atoms with Crippen LogP contribution in [0.5, 0.6) is 5.75 Å². The van der Waals surface area contributed by atoms with E-state index in [4.69, 9.17) is 9.47 Å². The van der Waals surface area contributed by atoms with Gasteiger partial charge < -0.3 is 19.7 Å². The number of carbonyl (C=O) groups is 3. The molecule has 1 aliphatic heterocycles. The maximum atomic E-state index is 12.5. The number of nitrogens with zero attached hydrogens (tertiary/aromatic N) is 1. The van der Waals surface area contributed by atoms with Gasteiger partial charge >= 0.3 is 5.97 Å². The Labute approximate surface area is 189 Å². The molecular weight excluding hydrogens is 464 g/mol. The van der Waals surface area contributed by atoms with Crippen molar-refractivity contribution in [3.8, 4) is 5.75 Å². The van der Waals surface area contributed by atoms with Gasteiger partial charge in [-0.2, -0.15) is 0 Å². The first-order chi connectivity index (χ1) is 14.8. The average Bonchev–Trinajstić information content (AvgIpc) is 3.12. The Hall–Kier alpha value is -2.87. The highest BCUT2D eigenvalue weighted by atomic mass is 79.9. The highest BCUT2D eigenvalue weighted by Gasteiger charge is 2.37. The van der Waals surface area contributed by atoms with Crippen molar-refractivity contribution in [1.82, 2.24) is 0 Å². The first-order valence-corrected chi connectivity index (χ1v) is 10.8. The van der Waals surface area contributed by atoms with Gasteiger partial charge in [-0.05, 0) is 56.2 Å². The molecule has 7 nitrogen and oxygen atoms in total. The maximum absolute atomic E-state index is 12.5. The summed E-state index contributed by atoms with van der Waals surface area (Å²) in [6.07, 6.45) is 0.0337. The Kier molecular flexibility index (Phi) is 7.33. The summed E-state index contributed by atoms with van der Waals surface area (Å²) in [6, 6.07) is 10.9. The van der Waals surface area contributed by atoms with Crippen LogP contribution in [0.25, 0.3) is 0 Å². The topological polar surface area (TPSA) is 84.9 Å². The lowest BCUT2D eigenvalue weighted by molar-refractivity contribution is -0.151. The van der Waals surface area contributed by atoms with E-state index in [1.165, 1.54) is 4.90 Å². The van der Waals surface area contributed by atoms with E-state index in [0.717, 1.165) is 15.6 Å². The lowest BCUT2D eigenvalue weighted by atomic mass is 10.1. The smallest absolute Gasteiger partial charge is 0.311 e. The minimum Gasteiger partial charge on any atom is -0.492 e. The number of para-hydroxylation sites is 2. The molecule has 31 heavy (non-hydrogen) atoms. The van der Waals surface area contributed by atoms with Crippen LogP contribution in [0, 0.1) is 19.8 Å². The quantitative estimate of drug-likeness (QED) is 0.595. The molecular formula is C23H25BrN2O5. The van der Waals surface area contributed by atoms with E-state index in [0.29, 0.717) is 23.7 Å². The number of carbonyl (C=O) groups excluding carboxylic acids is 3. The zero-order valence-corrected chi connectivity index (χ0v) is 19.3. The van der Waals surface area contributed by atoms with Gasteiger partial charge in [0, 0.05) is 23.1 Å². The van der Waals surface area contributed by atoms with Gasteiger partial charge in [-0.25, -0.2) is 0 Å². The number of hydrogen-bond donors (Lipinski definition) is 1. The van der Waals surface area contributed by atoms with Gasteiger partial charge in [0.15, 0.2) is 6.61 Å². The Balaban J connectivity index is 1.57. The van der Waals surface area contributed by atoms with Crippen LogP contribution in [0.3, 0.4) is 0 Å². The first kappa shape index (κ1) is 22.8. The van der Waals surface area contributed by atoms with E-state index < -0.39 is 24.4 Å². The van der Waals surface area contributed by atoms with Crippen molar-refractivity contribution in [2.45, 2.75) is 27.2 Å². The Morgan fingerprint density at radius 1 is 1.19 bits per heavy atom.